The third kappa shape index (κ3) is 2.37. The summed E-state index contributed by atoms with van der Waals surface area (Å²) < 4.78 is 8.07. The van der Waals surface area contributed by atoms with E-state index in [2.05, 4.69) is 31.1 Å². The number of nitrogens with zero attached hydrogens (tertiary/aromatic N) is 3. The lowest BCUT2D eigenvalue weighted by molar-refractivity contribution is 0.549. The molecule has 0 aliphatic rings. The summed E-state index contributed by atoms with van der Waals surface area (Å²) in [5.41, 5.74) is 1.57. The van der Waals surface area contributed by atoms with Crippen molar-refractivity contribution in [3.8, 4) is 11.6 Å². The van der Waals surface area contributed by atoms with E-state index < -0.39 is 0 Å². The van der Waals surface area contributed by atoms with E-state index in [9.17, 15) is 0 Å². The third-order valence-electron chi connectivity index (χ3n) is 2.13. The molecule has 3 rings (SSSR count). The molecule has 0 aromatic carbocycles. The van der Waals surface area contributed by atoms with E-state index >= 15 is 0 Å². The van der Waals surface area contributed by atoms with Crippen molar-refractivity contribution in [1.82, 2.24) is 19.6 Å². The molecule has 0 saturated heterocycles. The van der Waals surface area contributed by atoms with Crippen LogP contribution in [-0.2, 0) is 0 Å². The van der Waals surface area contributed by atoms with Crippen molar-refractivity contribution in [2.45, 2.75) is 13.8 Å². The third-order valence-corrected chi connectivity index (χ3v) is 2.77. The van der Waals surface area contributed by atoms with Crippen LogP contribution in [0.4, 0.5) is 0 Å². The number of imidazole rings is 1. The van der Waals surface area contributed by atoms with Gasteiger partial charge in [-0.1, -0.05) is 13.8 Å². The van der Waals surface area contributed by atoms with Crippen molar-refractivity contribution in [1.29, 1.82) is 0 Å². The molecule has 0 fully saturated rings. The maximum Gasteiger partial charge on any atom is 0.284 e. The number of nitrogens with one attached hydrogen (secondary N) is 1. The van der Waals surface area contributed by atoms with Gasteiger partial charge in [-0.3, -0.25) is 4.40 Å². The average Bonchev–Trinajstić information content (AvgIpc) is 2.97. The Morgan fingerprint density at radius 2 is 2.17 bits per heavy atom. The molecule has 0 atom stereocenters. The number of rotatable bonds is 1. The van der Waals surface area contributed by atoms with E-state index in [1.807, 2.05) is 36.6 Å². The fourth-order valence-corrected chi connectivity index (χ4v) is 1.91. The van der Waals surface area contributed by atoms with E-state index in [1.54, 1.807) is 6.20 Å². The van der Waals surface area contributed by atoms with Gasteiger partial charge in [0.25, 0.3) is 10.7 Å². The first-order valence-corrected chi connectivity index (χ1v) is 6.63. The molecule has 0 aliphatic carbocycles. The number of H-pyrrole nitrogens is 1. The Kier molecular flexibility index (Phi) is 3.93. The highest BCUT2D eigenvalue weighted by Crippen LogP contribution is 2.20. The molecule has 3 aromatic rings. The molecule has 0 bridgehead atoms. The Hall–Kier alpha value is -1.47. The van der Waals surface area contributed by atoms with Gasteiger partial charge < -0.3 is 4.42 Å². The van der Waals surface area contributed by atoms with Crippen molar-refractivity contribution < 1.29 is 4.42 Å². The number of halogens is 1. The quantitative estimate of drug-likeness (QED) is 0.690. The first kappa shape index (κ1) is 13.0. The smallest absolute Gasteiger partial charge is 0.284 e. The molecule has 0 amide bonds. The first-order chi connectivity index (χ1) is 8.74. The van der Waals surface area contributed by atoms with Gasteiger partial charge in [-0.2, -0.15) is 0 Å². The summed E-state index contributed by atoms with van der Waals surface area (Å²) in [6.45, 7) is 4.00. The molecule has 0 spiro atoms. The van der Waals surface area contributed by atoms with E-state index in [-0.39, 0.29) is 4.84 Å². The zero-order valence-corrected chi connectivity index (χ0v) is 12.2. The standard InChI is InChI=1S/C9H5BrN4OS.C2H6/c10-5-1-2-7-11-3-6(14(7)4-5)8-12-13-9(16)15-8;1-2/h1-4H,(H,13,16);1-2H3. The Balaban J connectivity index is 0.000000574. The Labute approximate surface area is 117 Å². The second-order valence-corrected chi connectivity index (χ2v) is 4.42. The Bertz CT molecular complexity index is 715. The lowest BCUT2D eigenvalue weighted by atomic mass is 10.4. The van der Waals surface area contributed by atoms with Gasteiger partial charge in [-0.15, -0.1) is 5.10 Å². The molecule has 94 valence electrons. The average molecular weight is 327 g/mol. The minimum atomic E-state index is 0.250. The van der Waals surface area contributed by atoms with Gasteiger partial charge in [0.05, 0.1) is 6.20 Å². The van der Waals surface area contributed by atoms with Crippen molar-refractivity contribution in [3.05, 3.63) is 33.8 Å². The molecule has 3 heterocycles. The number of fused-ring (bicyclic) bond motifs is 1. The summed E-state index contributed by atoms with van der Waals surface area (Å²) in [5, 5.41) is 6.55. The van der Waals surface area contributed by atoms with Gasteiger partial charge in [-0.25, -0.2) is 10.1 Å². The molecule has 0 aliphatic heterocycles. The fourth-order valence-electron chi connectivity index (χ4n) is 1.45. The summed E-state index contributed by atoms with van der Waals surface area (Å²) in [4.78, 5) is 4.49. The number of hydrogen-bond donors (Lipinski definition) is 1. The van der Waals surface area contributed by atoms with Gasteiger partial charge in [0, 0.05) is 10.7 Å². The largest absolute Gasteiger partial charge is 0.408 e. The summed E-state index contributed by atoms with van der Waals surface area (Å²) >= 11 is 8.23. The Morgan fingerprint density at radius 1 is 1.39 bits per heavy atom. The van der Waals surface area contributed by atoms with E-state index in [1.165, 1.54) is 0 Å². The van der Waals surface area contributed by atoms with Crippen LogP contribution in [0.15, 0.2) is 33.4 Å². The second-order valence-electron chi connectivity index (χ2n) is 3.14. The lowest BCUT2D eigenvalue weighted by Crippen LogP contribution is -1.88. The molecular weight excluding hydrogens is 316 g/mol. The van der Waals surface area contributed by atoms with Crippen LogP contribution in [0.5, 0.6) is 0 Å². The predicted octanol–water partition coefficient (Wildman–Crippen LogP) is 3.84. The number of aromatic amines is 1. The topological polar surface area (TPSA) is 59.1 Å². The van der Waals surface area contributed by atoms with Crippen LogP contribution in [0.3, 0.4) is 0 Å². The van der Waals surface area contributed by atoms with Crippen LogP contribution in [-0.4, -0.2) is 19.6 Å². The molecule has 1 N–H and O–H groups in total. The van der Waals surface area contributed by atoms with Crippen LogP contribution in [0.2, 0.25) is 0 Å². The lowest BCUT2D eigenvalue weighted by Gasteiger charge is -1.97. The summed E-state index contributed by atoms with van der Waals surface area (Å²) in [6, 6.07) is 3.82. The summed E-state index contributed by atoms with van der Waals surface area (Å²) in [5.74, 6) is 0.426. The molecule has 0 unspecified atom stereocenters. The number of pyridine rings is 1. The van der Waals surface area contributed by atoms with Crippen molar-refractivity contribution in [3.63, 3.8) is 0 Å². The molecule has 7 heteroatoms. The van der Waals surface area contributed by atoms with Gasteiger partial charge in [0.2, 0.25) is 0 Å². The highest BCUT2D eigenvalue weighted by molar-refractivity contribution is 9.10. The van der Waals surface area contributed by atoms with Gasteiger partial charge >= 0.3 is 0 Å². The second kappa shape index (κ2) is 5.45. The van der Waals surface area contributed by atoms with Crippen molar-refractivity contribution in [2.24, 2.45) is 0 Å². The fraction of sp³-hybridized carbons (Fsp3) is 0.182. The van der Waals surface area contributed by atoms with Crippen LogP contribution in [0.1, 0.15) is 13.8 Å². The zero-order chi connectivity index (χ0) is 13.1. The minimum Gasteiger partial charge on any atom is -0.408 e. The monoisotopic (exact) mass is 326 g/mol. The van der Waals surface area contributed by atoms with Crippen molar-refractivity contribution >= 4 is 33.8 Å². The maximum absolute atomic E-state index is 5.25. The first-order valence-electron chi connectivity index (χ1n) is 5.42. The highest BCUT2D eigenvalue weighted by atomic mass is 79.9. The van der Waals surface area contributed by atoms with Crippen LogP contribution >= 0.6 is 28.1 Å². The van der Waals surface area contributed by atoms with Crippen LogP contribution < -0.4 is 0 Å². The molecule has 5 nitrogen and oxygen atoms in total. The zero-order valence-electron chi connectivity index (χ0n) is 9.85. The summed E-state index contributed by atoms with van der Waals surface area (Å²) in [6.07, 6.45) is 3.58. The van der Waals surface area contributed by atoms with Gasteiger partial charge in [0.15, 0.2) is 0 Å². The maximum atomic E-state index is 5.25. The SMILES string of the molecule is CC.S=c1[nH]nc(-c2cnc3ccc(Br)cn23)o1. The molecule has 0 saturated carbocycles. The predicted molar refractivity (Wildman–Crippen MR) is 74.9 cm³/mol. The molecule has 0 radical (unpaired) electrons. The van der Waals surface area contributed by atoms with Crippen LogP contribution in [0, 0.1) is 4.84 Å². The molecular formula is C11H11BrN4OS. The van der Waals surface area contributed by atoms with E-state index in [0.717, 1.165) is 15.8 Å². The number of aromatic nitrogens is 4. The normalized spacial score (nSPS) is 10.2. The van der Waals surface area contributed by atoms with Gasteiger partial charge in [-0.05, 0) is 40.3 Å². The van der Waals surface area contributed by atoms with Crippen LogP contribution in [0.25, 0.3) is 17.2 Å². The summed E-state index contributed by atoms with van der Waals surface area (Å²) in [7, 11) is 0. The van der Waals surface area contributed by atoms with Gasteiger partial charge in [0.1, 0.15) is 11.3 Å². The van der Waals surface area contributed by atoms with E-state index in [4.69, 9.17) is 16.6 Å². The van der Waals surface area contributed by atoms with Crippen molar-refractivity contribution in [2.75, 3.05) is 0 Å². The Morgan fingerprint density at radius 3 is 2.83 bits per heavy atom. The molecule has 18 heavy (non-hydrogen) atoms. The minimum absolute atomic E-state index is 0.250. The van der Waals surface area contributed by atoms with E-state index in [0.29, 0.717) is 5.89 Å². The number of hydrogen-bond acceptors (Lipinski definition) is 4. The highest BCUT2D eigenvalue weighted by Gasteiger charge is 2.10. The molecule has 3 aromatic heterocycles.